The molecule has 0 bridgehead atoms. The predicted molar refractivity (Wildman–Crippen MR) is 58.7 cm³/mol. The Morgan fingerprint density at radius 3 is 2.60 bits per heavy atom. The van der Waals surface area contributed by atoms with E-state index in [-0.39, 0.29) is 5.28 Å². The Bertz CT molecular complexity index is 371. The number of aryl methyl sites for hydroxylation is 1. The summed E-state index contributed by atoms with van der Waals surface area (Å²) >= 11 is 5.68. The van der Waals surface area contributed by atoms with Gasteiger partial charge in [-0.15, -0.1) is 0 Å². The lowest BCUT2D eigenvalue weighted by Crippen LogP contribution is -2.45. The van der Waals surface area contributed by atoms with Crippen LogP contribution in [0.25, 0.3) is 0 Å². The number of nitrogens with two attached hydrogens (primary N) is 1. The maximum Gasteiger partial charge on any atom is 0.242 e. The van der Waals surface area contributed by atoms with Crippen molar-refractivity contribution in [3.8, 4) is 0 Å². The summed E-state index contributed by atoms with van der Waals surface area (Å²) < 4.78 is 0. The number of hydrogen-bond acceptors (Lipinski definition) is 4. The van der Waals surface area contributed by atoms with Gasteiger partial charge in [0.2, 0.25) is 11.2 Å². The summed E-state index contributed by atoms with van der Waals surface area (Å²) in [6.45, 7) is 5.12. The number of amides is 1. The minimum atomic E-state index is -0.871. The summed E-state index contributed by atoms with van der Waals surface area (Å²) in [5.74, 6) is 0.0196. The van der Waals surface area contributed by atoms with Gasteiger partial charge in [-0.1, -0.05) is 0 Å². The van der Waals surface area contributed by atoms with Crippen molar-refractivity contribution in [3.05, 3.63) is 17.0 Å². The number of halogens is 1. The van der Waals surface area contributed by atoms with E-state index in [0.717, 1.165) is 5.69 Å². The van der Waals surface area contributed by atoms with Crippen LogP contribution in [0.5, 0.6) is 0 Å². The molecule has 0 unspecified atom stereocenters. The Hall–Kier alpha value is -1.36. The highest BCUT2D eigenvalue weighted by Crippen LogP contribution is 2.15. The van der Waals surface area contributed by atoms with Crippen molar-refractivity contribution in [2.24, 2.45) is 5.73 Å². The third-order valence-electron chi connectivity index (χ3n) is 1.88. The van der Waals surface area contributed by atoms with E-state index >= 15 is 0 Å². The van der Waals surface area contributed by atoms with E-state index in [1.54, 1.807) is 26.8 Å². The molecular formula is C9H13ClN4O. The highest BCUT2D eigenvalue weighted by molar-refractivity contribution is 6.28. The molecule has 1 heterocycles. The van der Waals surface area contributed by atoms with Gasteiger partial charge in [-0.05, 0) is 32.4 Å². The minimum absolute atomic E-state index is 0.137. The molecule has 0 radical (unpaired) electrons. The number of carbonyl (C=O) groups excluding carboxylic acids is 1. The second-order valence-electron chi connectivity index (χ2n) is 3.78. The number of anilines is 1. The first-order chi connectivity index (χ1) is 6.81. The van der Waals surface area contributed by atoms with Gasteiger partial charge >= 0.3 is 0 Å². The van der Waals surface area contributed by atoms with E-state index in [1.807, 2.05) is 0 Å². The van der Waals surface area contributed by atoms with Gasteiger partial charge in [-0.3, -0.25) is 4.79 Å². The van der Waals surface area contributed by atoms with E-state index in [9.17, 15) is 4.79 Å². The van der Waals surface area contributed by atoms with Gasteiger partial charge in [0.15, 0.2) is 0 Å². The number of rotatable bonds is 3. The Balaban J connectivity index is 2.94. The number of hydrogen-bond donors (Lipinski definition) is 2. The summed E-state index contributed by atoms with van der Waals surface area (Å²) in [5.41, 5.74) is 5.07. The molecule has 0 spiro atoms. The molecule has 6 heteroatoms. The smallest absolute Gasteiger partial charge is 0.242 e. The third-order valence-corrected chi connectivity index (χ3v) is 2.05. The largest absolute Gasteiger partial charge is 0.368 e. The van der Waals surface area contributed by atoms with E-state index in [2.05, 4.69) is 15.3 Å². The molecule has 1 amide bonds. The number of nitrogens with one attached hydrogen (secondary N) is 1. The summed E-state index contributed by atoms with van der Waals surface area (Å²) in [6.07, 6.45) is 0. The fraction of sp³-hybridized carbons (Fsp3) is 0.444. The molecule has 0 aliphatic rings. The average Bonchev–Trinajstić information content (AvgIpc) is 1.99. The molecule has 3 N–H and O–H groups in total. The van der Waals surface area contributed by atoms with Crippen LogP contribution in [0, 0.1) is 6.92 Å². The molecule has 0 saturated carbocycles. The summed E-state index contributed by atoms with van der Waals surface area (Å²) in [6, 6.07) is 1.69. The molecule has 1 aromatic rings. The van der Waals surface area contributed by atoms with Gasteiger partial charge in [-0.25, -0.2) is 9.97 Å². The Labute approximate surface area is 93.0 Å². The molecule has 1 rings (SSSR count). The number of carbonyl (C=O) groups is 1. The van der Waals surface area contributed by atoms with Crippen LogP contribution in [0.3, 0.4) is 0 Å². The molecule has 0 aliphatic carbocycles. The number of primary amides is 1. The summed E-state index contributed by atoms with van der Waals surface area (Å²) in [4.78, 5) is 18.9. The lowest BCUT2D eigenvalue weighted by Gasteiger charge is -2.22. The zero-order valence-corrected chi connectivity index (χ0v) is 9.59. The normalized spacial score (nSPS) is 11.2. The third kappa shape index (κ3) is 3.06. The topological polar surface area (TPSA) is 80.9 Å². The summed E-state index contributed by atoms with van der Waals surface area (Å²) in [7, 11) is 0. The maximum absolute atomic E-state index is 11.1. The van der Waals surface area contributed by atoms with Crippen molar-refractivity contribution in [2.45, 2.75) is 26.3 Å². The van der Waals surface area contributed by atoms with E-state index < -0.39 is 11.4 Å². The van der Waals surface area contributed by atoms with Gasteiger partial charge in [-0.2, -0.15) is 0 Å². The Kier molecular flexibility index (Phi) is 3.14. The molecule has 0 fully saturated rings. The average molecular weight is 229 g/mol. The standard InChI is InChI=1S/C9H13ClN4O/c1-5-4-6(13-8(10)12-5)14-9(2,3)7(11)15/h4H,1-3H3,(H2,11,15)(H,12,13,14). The molecule has 0 aromatic carbocycles. The second kappa shape index (κ2) is 4.02. The molecular weight excluding hydrogens is 216 g/mol. The van der Waals surface area contributed by atoms with Crippen molar-refractivity contribution in [2.75, 3.05) is 5.32 Å². The van der Waals surface area contributed by atoms with Crippen molar-refractivity contribution in [1.29, 1.82) is 0 Å². The first-order valence-electron chi connectivity index (χ1n) is 4.40. The lowest BCUT2D eigenvalue weighted by atomic mass is 10.1. The van der Waals surface area contributed by atoms with Crippen LogP contribution in [0.4, 0.5) is 5.82 Å². The Morgan fingerprint density at radius 1 is 1.53 bits per heavy atom. The summed E-state index contributed by atoms with van der Waals surface area (Å²) in [5, 5.41) is 3.03. The van der Waals surface area contributed by atoms with Crippen LogP contribution >= 0.6 is 11.6 Å². The van der Waals surface area contributed by atoms with Gasteiger partial charge in [0.25, 0.3) is 0 Å². The fourth-order valence-electron chi connectivity index (χ4n) is 0.978. The molecule has 82 valence electrons. The van der Waals surface area contributed by atoms with Gasteiger partial charge in [0.1, 0.15) is 11.4 Å². The number of aromatic nitrogens is 2. The van der Waals surface area contributed by atoms with Crippen molar-refractivity contribution in [1.82, 2.24) is 9.97 Å². The minimum Gasteiger partial charge on any atom is -0.368 e. The molecule has 15 heavy (non-hydrogen) atoms. The van der Waals surface area contributed by atoms with Gasteiger partial charge in [0, 0.05) is 11.8 Å². The molecule has 1 aromatic heterocycles. The van der Waals surface area contributed by atoms with Gasteiger partial charge < -0.3 is 11.1 Å². The monoisotopic (exact) mass is 228 g/mol. The van der Waals surface area contributed by atoms with Crippen LogP contribution in [0.15, 0.2) is 6.07 Å². The van der Waals surface area contributed by atoms with E-state index in [0.29, 0.717) is 5.82 Å². The van der Waals surface area contributed by atoms with Crippen molar-refractivity contribution >= 4 is 23.3 Å². The first-order valence-corrected chi connectivity index (χ1v) is 4.78. The molecule has 0 aliphatic heterocycles. The van der Waals surface area contributed by atoms with Crippen LogP contribution in [0.2, 0.25) is 5.28 Å². The number of nitrogens with zero attached hydrogens (tertiary/aromatic N) is 2. The molecule has 0 saturated heterocycles. The van der Waals surface area contributed by atoms with Gasteiger partial charge in [0.05, 0.1) is 0 Å². The lowest BCUT2D eigenvalue weighted by molar-refractivity contribution is -0.121. The zero-order chi connectivity index (χ0) is 11.6. The van der Waals surface area contributed by atoms with E-state index in [1.165, 1.54) is 0 Å². The highest BCUT2D eigenvalue weighted by atomic mass is 35.5. The van der Waals surface area contributed by atoms with Crippen LogP contribution in [-0.4, -0.2) is 21.4 Å². The van der Waals surface area contributed by atoms with Crippen molar-refractivity contribution < 1.29 is 4.79 Å². The maximum atomic E-state index is 11.1. The molecule has 0 atom stereocenters. The highest BCUT2D eigenvalue weighted by Gasteiger charge is 2.25. The molecule has 5 nitrogen and oxygen atoms in total. The zero-order valence-electron chi connectivity index (χ0n) is 8.84. The fourth-order valence-corrected chi connectivity index (χ4v) is 1.20. The Morgan fingerprint density at radius 2 is 2.13 bits per heavy atom. The first kappa shape index (κ1) is 11.7. The predicted octanol–water partition coefficient (Wildman–Crippen LogP) is 1.11. The van der Waals surface area contributed by atoms with Crippen molar-refractivity contribution in [3.63, 3.8) is 0 Å². The van der Waals surface area contributed by atoms with Crippen LogP contribution in [0.1, 0.15) is 19.5 Å². The SMILES string of the molecule is Cc1cc(NC(C)(C)C(N)=O)nc(Cl)n1. The second-order valence-corrected chi connectivity index (χ2v) is 4.12. The quantitative estimate of drug-likeness (QED) is 0.760. The van der Waals surface area contributed by atoms with Crippen LogP contribution < -0.4 is 11.1 Å². The van der Waals surface area contributed by atoms with Crippen LogP contribution in [-0.2, 0) is 4.79 Å². The van der Waals surface area contributed by atoms with E-state index in [4.69, 9.17) is 17.3 Å².